The van der Waals surface area contributed by atoms with E-state index in [1.165, 1.54) is 18.5 Å². The van der Waals surface area contributed by atoms with E-state index in [9.17, 15) is 13.6 Å². The predicted molar refractivity (Wildman–Crippen MR) is 60.0 cm³/mol. The molecule has 1 heterocycles. The maximum atomic E-state index is 13.1. The van der Waals surface area contributed by atoms with E-state index in [2.05, 4.69) is 4.98 Å². The largest absolute Gasteiger partial charge is 0.298 e. The van der Waals surface area contributed by atoms with E-state index in [-0.39, 0.29) is 5.02 Å². The van der Waals surface area contributed by atoms with E-state index in [1.54, 1.807) is 0 Å². The minimum Gasteiger partial charge on any atom is -0.298 e. The Balaban J connectivity index is 2.59. The number of rotatable bonds is 2. The first kappa shape index (κ1) is 11.7. The SMILES string of the molecule is O=Cc1cncc(-c2cc(F)c(F)cc2Cl)c1. The smallest absolute Gasteiger partial charge is 0.160 e. The average Bonchev–Trinajstić information content (AvgIpc) is 2.34. The molecule has 0 unspecified atom stereocenters. The van der Waals surface area contributed by atoms with Gasteiger partial charge in [0.05, 0.1) is 5.02 Å². The first-order chi connectivity index (χ1) is 8.11. The molecule has 0 fully saturated rings. The Morgan fingerprint density at radius 3 is 2.53 bits per heavy atom. The number of aromatic nitrogens is 1. The van der Waals surface area contributed by atoms with Crippen molar-refractivity contribution in [3.05, 3.63) is 52.8 Å². The van der Waals surface area contributed by atoms with Gasteiger partial charge in [0, 0.05) is 29.1 Å². The van der Waals surface area contributed by atoms with Crippen LogP contribution in [-0.4, -0.2) is 11.3 Å². The predicted octanol–water partition coefficient (Wildman–Crippen LogP) is 3.49. The van der Waals surface area contributed by atoms with E-state index in [0.29, 0.717) is 23.0 Å². The Morgan fingerprint density at radius 2 is 1.82 bits per heavy atom. The van der Waals surface area contributed by atoms with Crippen LogP contribution in [-0.2, 0) is 0 Å². The van der Waals surface area contributed by atoms with Gasteiger partial charge >= 0.3 is 0 Å². The monoisotopic (exact) mass is 253 g/mol. The van der Waals surface area contributed by atoms with Gasteiger partial charge < -0.3 is 0 Å². The molecule has 2 rings (SSSR count). The Kier molecular flexibility index (Phi) is 3.15. The third-order valence-corrected chi connectivity index (χ3v) is 2.53. The van der Waals surface area contributed by atoms with Crippen LogP contribution in [0.25, 0.3) is 11.1 Å². The number of pyridine rings is 1. The fourth-order valence-corrected chi connectivity index (χ4v) is 1.67. The van der Waals surface area contributed by atoms with Crippen LogP contribution in [0, 0.1) is 11.6 Å². The quantitative estimate of drug-likeness (QED) is 0.606. The van der Waals surface area contributed by atoms with Crippen LogP contribution in [0.1, 0.15) is 10.4 Å². The number of nitrogens with zero attached hydrogens (tertiary/aromatic N) is 1. The summed E-state index contributed by atoms with van der Waals surface area (Å²) in [5, 5.41) is 0.0637. The van der Waals surface area contributed by atoms with E-state index < -0.39 is 11.6 Å². The van der Waals surface area contributed by atoms with Crippen LogP contribution in [0.15, 0.2) is 30.6 Å². The second kappa shape index (κ2) is 4.59. The van der Waals surface area contributed by atoms with E-state index in [4.69, 9.17) is 11.6 Å². The molecule has 0 aliphatic heterocycles. The zero-order chi connectivity index (χ0) is 12.4. The number of aldehydes is 1. The lowest BCUT2D eigenvalue weighted by molar-refractivity contribution is 0.112. The summed E-state index contributed by atoms with van der Waals surface area (Å²) in [5.41, 5.74) is 1.09. The highest BCUT2D eigenvalue weighted by atomic mass is 35.5. The van der Waals surface area contributed by atoms with Gasteiger partial charge in [0.1, 0.15) is 0 Å². The van der Waals surface area contributed by atoms with Gasteiger partial charge in [-0.05, 0) is 18.2 Å². The Morgan fingerprint density at radius 1 is 1.12 bits per heavy atom. The van der Waals surface area contributed by atoms with Crippen LogP contribution in [0.2, 0.25) is 5.02 Å². The summed E-state index contributed by atoms with van der Waals surface area (Å²) in [6, 6.07) is 3.36. The fraction of sp³-hybridized carbons (Fsp3) is 0. The van der Waals surface area contributed by atoms with Gasteiger partial charge in [-0.3, -0.25) is 9.78 Å². The van der Waals surface area contributed by atoms with Crippen LogP contribution in [0.5, 0.6) is 0 Å². The van der Waals surface area contributed by atoms with Crippen molar-refractivity contribution in [2.24, 2.45) is 0 Å². The summed E-state index contributed by atoms with van der Waals surface area (Å²) in [6.45, 7) is 0. The number of hydrogen-bond donors (Lipinski definition) is 0. The van der Waals surface area contributed by atoms with Crippen LogP contribution >= 0.6 is 11.6 Å². The average molecular weight is 254 g/mol. The van der Waals surface area contributed by atoms with E-state index >= 15 is 0 Å². The molecule has 0 N–H and O–H groups in total. The Bertz CT molecular complexity index is 587. The first-order valence-electron chi connectivity index (χ1n) is 4.67. The van der Waals surface area contributed by atoms with Crippen molar-refractivity contribution in [3.63, 3.8) is 0 Å². The lowest BCUT2D eigenvalue weighted by Gasteiger charge is -2.05. The zero-order valence-corrected chi connectivity index (χ0v) is 9.21. The molecule has 2 aromatic rings. The molecule has 0 spiro atoms. The van der Waals surface area contributed by atoms with Crippen molar-refractivity contribution >= 4 is 17.9 Å². The standard InChI is InChI=1S/C12H6ClF2NO/c13-10-3-12(15)11(14)2-9(10)8-1-7(6-17)4-16-5-8/h1-6H. The molecular formula is C12H6ClF2NO. The molecule has 1 aromatic heterocycles. The van der Waals surface area contributed by atoms with Crippen molar-refractivity contribution < 1.29 is 13.6 Å². The summed E-state index contributed by atoms with van der Waals surface area (Å²) in [7, 11) is 0. The molecule has 2 nitrogen and oxygen atoms in total. The molecule has 0 aliphatic rings. The summed E-state index contributed by atoms with van der Waals surface area (Å²) in [4.78, 5) is 14.4. The van der Waals surface area contributed by atoms with Gasteiger partial charge in [0.2, 0.25) is 0 Å². The van der Waals surface area contributed by atoms with E-state index in [0.717, 1.165) is 12.1 Å². The molecule has 0 saturated carbocycles. The molecule has 0 amide bonds. The maximum absolute atomic E-state index is 13.1. The van der Waals surface area contributed by atoms with Crippen molar-refractivity contribution in [1.29, 1.82) is 0 Å². The second-order valence-corrected chi connectivity index (χ2v) is 3.78. The number of halogens is 3. The van der Waals surface area contributed by atoms with Gasteiger partial charge in [-0.1, -0.05) is 11.6 Å². The third-order valence-electron chi connectivity index (χ3n) is 2.22. The molecule has 0 radical (unpaired) electrons. The lowest BCUT2D eigenvalue weighted by Crippen LogP contribution is -1.90. The van der Waals surface area contributed by atoms with Crippen molar-refractivity contribution in [2.45, 2.75) is 0 Å². The molecule has 86 valence electrons. The molecule has 1 aromatic carbocycles. The van der Waals surface area contributed by atoms with E-state index in [1.807, 2.05) is 0 Å². The van der Waals surface area contributed by atoms with Crippen molar-refractivity contribution in [1.82, 2.24) is 4.98 Å². The Hall–Kier alpha value is -1.81. The van der Waals surface area contributed by atoms with Crippen LogP contribution < -0.4 is 0 Å². The summed E-state index contributed by atoms with van der Waals surface area (Å²) < 4.78 is 26.0. The number of carbonyl (C=O) groups excluding carboxylic acids is 1. The summed E-state index contributed by atoms with van der Waals surface area (Å²) >= 11 is 5.81. The minimum atomic E-state index is -1.02. The molecule has 0 atom stereocenters. The molecule has 0 aliphatic carbocycles. The highest BCUT2D eigenvalue weighted by Crippen LogP contribution is 2.29. The van der Waals surface area contributed by atoms with Crippen molar-refractivity contribution in [2.75, 3.05) is 0 Å². The highest BCUT2D eigenvalue weighted by Gasteiger charge is 2.10. The molecule has 5 heteroatoms. The third kappa shape index (κ3) is 2.31. The maximum Gasteiger partial charge on any atom is 0.160 e. The topological polar surface area (TPSA) is 30.0 Å². The number of benzene rings is 1. The van der Waals surface area contributed by atoms with Gasteiger partial charge in [-0.15, -0.1) is 0 Å². The zero-order valence-electron chi connectivity index (χ0n) is 8.45. The molecule has 0 saturated heterocycles. The molecular weight excluding hydrogens is 248 g/mol. The summed E-state index contributed by atoms with van der Waals surface area (Å²) in [6.07, 6.45) is 3.40. The Labute approximate surface area is 101 Å². The highest BCUT2D eigenvalue weighted by molar-refractivity contribution is 6.33. The van der Waals surface area contributed by atoms with Gasteiger partial charge in [-0.2, -0.15) is 0 Å². The van der Waals surface area contributed by atoms with Crippen LogP contribution in [0.4, 0.5) is 8.78 Å². The van der Waals surface area contributed by atoms with Gasteiger partial charge in [0.25, 0.3) is 0 Å². The molecule has 0 bridgehead atoms. The van der Waals surface area contributed by atoms with Gasteiger partial charge in [0.15, 0.2) is 17.9 Å². The van der Waals surface area contributed by atoms with Crippen LogP contribution in [0.3, 0.4) is 0 Å². The minimum absolute atomic E-state index is 0.0637. The molecule has 17 heavy (non-hydrogen) atoms. The van der Waals surface area contributed by atoms with Crippen molar-refractivity contribution in [3.8, 4) is 11.1 Å². The normalized spacial score (nSPS) is 10.3. The summed E-state index contributed by atoms with van der Waals surface area (Å²) in [5.74, 6) is -2.01. The number of hydrogen-bond acceptors (Lipinski definition) is 2. The van der Waals surface area contributed by atoms with Gasteiger partial charge in [-0.25, -0.2) is 8.78 Å². The number of carbonyl (C=O) groups is 1. The first-order valence-corrected chi connectivity index (χ1v) is 5.05. The lowest BCUT2D eigenvalue weighted by atomic mass is 10.1. The second-order valence-electron chi connectivity index (χ2n) is 3.37. The fourth-order valence-electron chi connectivity index (χ4n) is 1.41.